The lowest BCUT2D eigenvalue weighted by Gasteiger charge is -2.27. The Labute approximate surface area is 165 Å². The lowest BCUT2D eigenvalue weighted by molar-refractivity contribution is 0.0597. The van der Waals surface area contributed by atoms with Gasteiger partial charge in [0.15, 0.2) is 11.5 Å². The number of fused-ring (bicyclic) bond motifs is 1. The van der Waals surface area contributed by atoms with E-state index < -0.39 is 5.97 Å². The fourth-order valence-corrected chi connectivity index (χ4v) is 4.12. The molecule has 0 N–H and O–H groups in total. The van der Waals surface area contributed by atoms with Crippen LogP contribution in [0.5, 0.6) is 5.75 Å². The number of benzene rings is 1. The van der Waals surface area contributed by atoms with Gasteiger partial charge in [-0.1, -0.05) is 6.07 Å². The highest BCUT2D eigenvalue weighted by molar-refractivity contribution is 7.17. The molecule has 1 aliphatic rings. The Kier molecular flexibility index (Phi) is 5.06. The summed E-state index contributed by atoms with van der Waals surface area (Å²) in [5, 5.41) is 1.88. The number of thiophene rings is 1. The third-order valence-electron chi connectivity index (χ3n) is 4.67. The van der Waals surface area contributed by atoms with Crippen LogP contribution in [0.4, 0.5) is 5.88 Å². The lowest BCUT2D eigenvalue weighted by Crippen LogP contribution is -2.36. The van der Waals surface area contributed by atoms with E-state index in [1.165, 1.54) is 31.6 Å². The van der Waals surface area contributed by atoms with Gasteiger partial charge in [0.05, 0.1) is 27.4 Å². The summed E-state index contributed by atoms with van der Waals surface area (Å²) in [7, 11) is 2.82. The summed E-state index contributed by atoms with van der Waals surface area (Å²) in [5.41, 5.74) is 2.37. The van der Waals surface area contributed by atoms with Crippen molar-refractivity contribution in [1.29, 1.82) is 0 Å². The maximum atomic E-state index is 12.6. The third kappa shape index (κ3) is 3.25. The van der Waals surface area contributed by atoms with Crippen LogP contribution in [0.15, 0.2) is 38.9 Å². The predicted octanol–water partition coefficient (Wildman–Crippen LogP) is 3.15. The molecular weight excluding hydrogens is 382 g/mol. The minimum Gasteiger partial charge on any atom is -0.496 e. The molecule has 0 radical (unpaired) electrons. The van der Waals surface area contributed by atoms with Crippen molar-refractivity contribution >= 4 is 33.5 Å². The van der Waals surface area contributed by atoms with Crippen molar-refractivity contribution in [2.45, 2.75) is 0 Å². The first kappa shape index (κ1) is 18.5. The maximum absolute atomic E-state index is 12.6. The van der Waals surface area contributed by atoms with Crippen LogP contribution in [-0.2, 0) is 9.47 Å². The molecule has 0 spiro atoms. The second kappa shape index (κ2) is 7.65. The molecule has 1 fully saturated rings. The van der Waals surface area contributed by atoms with Crippen LogP contribution in [-0.4, -0.2) is 46.5 Å². The minimum absolute atomic E-state index is 0.0721. The summed E-state index contributed by atoms with van der Waals surface area (Å²) in [6.07, 6.45) is 0. The number of methoxy groups -OCH3 is 2. The quantitative estimate of drug-likeness (QED) is 0.622. The first-order chi connectivity index (χ1) is 13.6. The van der Waals surface area contributed by atoms with Crippen LogP contribution in [0, 0.1) is 0 Å². The van der Waals surface area contributed by atoms with Crippen LogP contribution >= 0.6 is 11.3 Å². The molecule has 3 aromatic rings. The number of ether oxygens (including phenoxy) is 3. The van der Waals surface area contributed by atoms with Crippen molar-refractivity contribution < 1.29 is 23.4 Å². The van der Waals surface area contributed by atoms with E-state index in [-0.39, 0.29) is 5.43 Å². The Morgan fingerprint density at radius 3 is 2.68 bits per heavy atom. The zero-order valence-electron chi connectivity index (χ0n) is 15.5. The van der Waals surface area contributed by atoms with Gasteiger partial charge in [-0.25, -0.2) is 4.79 Å². The van der Waals surface area contributed by atoms with Gasteiger partial charge in [-0.2, -0.15) is 0 Å². The van der Waals surface area contributed by atoms with E-state index in [4.69, 9.17) is 18.6 Å². The maximum Gasteiger partial charge on any atom is 0.341 e. The summed E-state index contributed by atoms with van der Waals surface area (Å²) in [4.78, 5) is 26.5. The van der Waals surface area contributed by atoms with Gasteiger partial charge in [0.25, 0.3) is 0 Å². The molecule has 0 aliphatic carbocycles. The molecule has 1 aliphatic heterocycles. The number of carbonyl (C=O) groups excluding carboxylic acids is 1. The Bertz CT molecular complexity index is 1080. The van der Waals surface area contributed by atoms with Gasteiger partial charge in [-0.15, -0.1) is 11.3 Å². The largest absolute Gasteiger partial charge is 0.496 e. The summed E-state index contributed by atoms with van der Waals surface area (Å²) in [5.74, 6) is 0.466. The summed E-state index contributed by atoms with van der Waals surface area (Å²) < 4.78 is 22.2. The Morgan fingerprint density at radius 2 is 1.96 bits per heavy atom. The second-order valence-electron chi connectivity index (χ2n) is 6.26. The van der Waals surface area contributed by atoms with Gasteiger partial charge in [0.2, 0.25) is 5.43 Å². The number of morpholine rings is 1. The number of rotatable bonds is 4. The molecule has 0 amide bonds. The molecule has 7 nitrogen and oxygen atoms in total. The predicted molar refractivity (Wildman–Crippen MR) is 107 cm³/mol. The van der Waals surface area contributed by atoms with E-state index in [1.54, 1.807) is 18.2 Å². The highest BCUT2D eigenvalue weighted by atomic mass is 32.1. The third-order valence-corrected chi connectivity index (χ3v) is 5.65. The van der Waals surface area contributed by atoms with Crippen LogP contribution in [0.25, 0.3) is 21.4 Å². The monoisotopic (exact) mass is 401 g/mol. The highest BCUT2D eigenvalue weighted by Crippen LogP contribution is 2.36. The van der Waals surface area contributed by atoms with E-state index in [1.807, 2.05) is 10.3 Å². The Morgan fingerprint density at radius 1 is 1.18 bits per heavy atom. The highest BCUT2D eigenvalue weighted by Gasteiger charge is 2.20. The number of hydrogen-bond acceptors (Lipinski definition) is 8. The molecular formula is C20H19NO6S. The van der Waals surface area contributed by atoms with Gasteiger partial charge < -0.3 is 23.5 Å². The molecule has 1 saturated heterocycles. The smallest absolute Gasteiger partial charge is 0.341 e. The van der Waals surface area contributed by atoms with E-state index in [2.05, 4.69) is 0 Å². The number of anilines is 1. The molecule has 2 aromatic heterocycles. The SMILES string of the molecule is COC(=O)c1ccc(-c2csc3c(=O)cc(N4CCOCC4)oc23)cc1OC. The molecule has 28 heavy (non-hydrogen) atoms. The van der Waals surface area contributed by atoms with Gasteiger partial charge in [0.1, 0.15) is 16.0 Å². The molecule has 0 unspecified atom stereocenters. The van der Waals surface area contributed by atoms with E-state index in [0.717, 1.165) is 11.1 Å². The van der Waals surface area contributed by atoms with E-state index >= 15 is 0 Å². The van der Waals surface area contributed by atoms with Crippen molar-refractivity contribution in [1.82, 2.24) is 0 Å². The molecule has 3 heterocycles. The van der Waals surface area contributed by atoms with Crippen LogP contribution in [0.2, 0.25) is 0 Å². The van der Waals surface area contributed by atoms with E-state index in [9.17, 15) is 9.59 Å². The first-order valence-electron chi connectivity index (χ1n) is 8.77. The van der Waals surface area contributed by atoms with Gasteiger partial charge in [-0.3, -0.25) is 4.79 Å². The van der Waals surface area contributed by atoms with Gasteiger partial charge in [0, 0.05) is 30.1 Å². The summed E-state index contributed by atoms with van der Waals surface area (Å²) in [6, 6.07) is 6.72. The molecule has 146 valence electrons. The zero-order valence-corrected chi connectivity index (χ0v) is 16.3. The van der Waals surface area contributed by atoms with Crippen molar-refractivity contribution in [3.8, 4) is 16.9 Å². The fourth-order valence-electron chi connectivity index (χ4n) is 3.21. The van der Waals surface area contributed by atoms with E-state index in [0.29, 0.717) is 53.8 Å². The summed E-state index contributed by atoms with van der Waals surface area (Å²) in [6.45, 7) is 2.56. The van der Waals surface area contributed by atoms with Crippen LogP contribution in [0.3, 0.4) is 0 Å². The topological polar surface area (TPSA) is 78.2 Å². The average Bonchev–Trinajstić information content (AvgIpc) is 3.18. The number of nitrogens with zero attached hydrogens (tertiary/aromatic N) is 1. The Balaban J connectivity index is 1.81. The van der Waals surface area contributed by atoms with Crippen LogP contribution in [0.1, 0.15) is 10.4 Å². The number of carbonyl (C=O) groups is 1. The molecule has 8 heteroatoms. The van der Waals surface area contributed by atoms with Gasteiger partial charge >= 0.3 is 5.97 Å². The average molecular weight is 401 g/mol. The molecule has 0 bridgehead atoms. The molecule has 1 aromatic carbocycles. The first-order valence-corrected chi connectivity index (χ1v) is 9.65. The van der Waals surface area contributed by atoms with Crippen LogP contribution < -0.4 is 15.1 Å². The molecule has 0 saturated carbocycles. The second-order valence-corrected chi connectivity index (χ2v) is 7.14. The van der Waals surface area contributed by atoms with Crippen molar-refractivity contribution in [3.63, 3.8) is 0 Å². The molecule has 0 atom stereocenters. The normalized spacial score (nSPS) is 14.3. The van der Waals surface area contributed by atoms with Crippen molar-refractivity contribution in [3.05, 3.63) is 45.4 Å². The minimum atomic E-state index is -0.472. The lowest BCUT2D eigenvalue weighted by atomic mass is 10.0. The van der Waals surface area contributed by atoms with Gasteiger partial charge in [-0.05, 0) is 17.7 Å². The number of hydrogen-bond donors (Lipinski definition) is 0. The molecule has 4 rings (SSSR count). The Hall–Kier alpha value is -2.84. The zero-order chi connectivity index (χ0) is 19.7. The van der Waals surface area contributed by atoms with Crippen molar-refractivity contribution in [2.24, 2.45) is 0 Å². The standard InChI is InChI=1S/C20H19NO6S/c1-24-16-9-12(3-4-13(16)20(23)25-2)14-11-28-19-15(22)10-17(27-18(14)19)21-5-7-26-8-6-21/h3-4,9-11H,5-8H2,1-2H3. The van der Waals surface area contributed by atoms with Crippen molar-refractivity contribution in [2.75, 3.05) is 45.4 Å². The summed E-state index contributed by atoms with van der Waals surface area (Å²) >= 11 is 1.34. The fraction of sp³-hybridized carbons (Fsp3) is 0.300. The number of esters is 1.